The Hall–Kier alpha value is -1.69. The molecule has 0 radical (unpaired) electrons. The van der Waals surface area contributed by atoms with Gasteiger partial charge >= 0.3 is 0 Å². The van der Waals surface area contributed by atoms with Crippen LogP contribution >= 0.6 is 0 Å². The first-order valence-electron chi connectivity index (χ1n) is 7.80. The highest BCUT2D eigenvalue weighted by molar-refractivity contribution is 5.91. The molecule has 3 rings (SSSR count). The minimum absolute atomic E-state index is 0.0177. The number of rotatable bonds is 4. The minimum atomic E-state index is 0.0177. The maximum Gasteiger partial charge on any atom is 0.228 e. The van der Waals surface area contributed by atoms with Gasteiger partial charge in [-0.05, 0) is 37.8 Å². The number of nitrogens with zero attached hydrogens (tertiary/aromatic N) is 2. The van der Waals surface area contributed by atoms with Crippen molar-refractivity contribution in [3.63, 3.8) is 0 Å². The summed E-state index contributed by atoms with van der Waals surface area (Å²) in [5.74, 6) is 1.34. The first-order chi connectivity index (χ1) is 10.3. The first kappa shape index (κ1) is 14.3. The van der Waals surface area contributed by atoms with Crippen molar-refractivity contribution < 1.29 is 9.53 Å². The normalized spacial score (nSPS) is 20.4. The number of nitrogens with one attached hydrogen (secondary N) is 2. The lowest BCUT2D eigenvalue weighted by Crippen LogP contribution is -2.29. The zero-order valence-electron chi connectivity index (χ0n) is 12.2. The van der Waals surface area contributed by atoms with Crippen LogP contribution in [0.2, 0.25) is 0 Å². The van der Waals surface area contributed by atoms with Gasteiger partial charge in [-0.2, -0.15) is 0 Å². The summed E-state index contributed by atoms with van der Waals surface area (Å²) in [6, 6.07) is 4.20. The van der Waals surface area contributed by atoms with Gasteiger partial charge in [-0.3, -0.25) is 4.79 Å². The number of carbonyl (C=O) groups excluding carboxylic acids is 1. The SMILES string of the molecule is O=C(Nc1ccc(NC2CCCC2)nn1)C1CCOCC1. The van der Waals surface area contributed by atoms with E-state index >= 15 is 0 Å². The Kier molecular flexibility index (Phi) is 4.65. The molecule has 21 heavy (non-hydrogen) atoms. The summed E-state index contributed by atoms with van der Waals surface area (Å²) in [5.41, 5.74) is 0. The minimum Gasteiger partial charge on any atom is -0.381 e. The predicted octanol–water partition coefficient (Wildman–Crippen LogP) is 2.20. The van der Waals surface area contributed by atoms with Crippen LogP contribution in [0.25, 0.3) is 0 Å². The van der Waals surface area contributed by atoms with Gasteiger partial charge in [0.15, 0.2) is 5.82 Å². The molecule has 114 valence electrons. The van der Waals surface area contributed by atoms with E-state index in [9.17, 15) is 4.79 Å². The molecule has 1 saturated carbocycles. The average Bonchev–Trinajstić information content (AvgIpc) is 3.03. The highest BCUT2D eigenvalue weighted by Gasteiger charge is 2.22. The standard InChI is InChI=1S/C15H22N4O2/c20-15(11-7-9-21-10-8-11)17-14-6-5-13(18-19-14)16-12-3-1-2-4-12/h5-6,11-12H,1-4,7-10H2,(H,16,18)(H,17,19,20). The molecule has 2 N–H and O–H groups in total. The number of amides is 1. The Labute approximate surface area is 124 Å². The maximum absolute atomic E-state index is 12.1. The molecule has 6 heteroatoms. The van der Waals surface area contributed by atoms with Gasteiger partial charge in [-0.25, -0.2) is 0 Å². The smallest absolute Gasteiger partial charge is 0.228 e. The van der Waals surface area contributed by atoms with E-state index in [2.05, 4.69) is 20.8 Å². The molecular weight excluding hydrogens is 268 g/mol. The fourth-order valence-corrected chi connectivity index (χ4v) is 2.94. The van der Waals surface area contributed by atoms with Crippen molar-refractivity contribution in [1.82, 2.24) is 10.2 Å². The van der Waals surface area contributed by atoms with Crippen molar-refractivity contribution in [3.05, 3.63) is 12.1 Å². The van der Waals surface area contributed by atoms with Crippen molar-refractivity contribution in [3.8, 4) is 0 Å². The van der Waals surface area contributed by atoms with E-state index in [0.29, 0.717) is 25.1 Å². The number of ether oxygens (including phenoxy) is 1. The quantitative estimate of drug-likeness (QED) is 0.889. The zero-order chi connectivity index (χ0) is 14.5. The molecular formula is C15H22N4O2. The number of hydrogen-bond acceptors (Lipinski definition) is 5. The van der Waals surface area contributed by atoms with E-state index < -0.39 is 0 Å². The summed E-state index contributed by atoms with van der Waals surface area (Å²) in [4.78, 5) is 12.1. The van der Waals surface area contributed by atoms with Crippen LogP contribution in [0.3, 0.4) is 0 Å². The van der Waals surface area contributed by atoms with Gasteiger partial charge in [0.05, 0.1) is 0 Å². The molecule has 1 aliphatic heterocycles. The number of carbonyl (C=O) groups is 1. The molecule has 1 saturated heterocycles. The van der Waals surface area contributed by atoms with Crippen molar-refractivity contribution in [1.29, 1.82) is 0 Å². The van der Waals surface area contributed by atoms with Crippen molar-refractivity contribution in [2.45, 2.75) is 44.6 Å². The van der Waals surface area contributed by atoms with Gasteiger partial charge in [-0.15, -0.1) is 10.2 Å². The summed E-state index contributed by atoms with van der Waals surface area (Å²) >= 11 is 0. The van der Waals surface area contributed by atoms with Gasteiger partial charge in [0, 0.05) is 25.2 Å². The van der Waals surface area contributed by atoms with Crippen LogP contribution in [0.15, 0.2) is 12.1 Å². The number of aromatic nitrogens is 2. The number of hydrogen-bond donors (Lipinski definition) is 2. The Morgan fingerprint density at radius 1 is 1.05 bits per heavy atom. The second kappa shape index (κ2) is 6.85. The molecule has 0 atom stereocenters. The summed E-state index contributed by atoms with van der Waals surface area (Å²) in [5, 5.41) is 14.4. The number of anilines is 2. The van der Waals surface area contributed by atoms with Crippen LogP contribution < -0.4 is 10.6 Å². The molecule has 0 bridgehead atoms. The second-order valence-electron chi connectivity index (χ2n) is 5.81. The lowest BCUT2D eigenvalue weighted by Gasteiger charge is -2.20. The van der Waals surface area contributed by atoms with Gasteiger partial charge in [0.2, 0.25) is 5.91 Å². The maximum atomic E-state index is 12.1. The summed E-state index contributed by atoms with van der Waals surface area (Å²) < 4.78 is 5.26. The van der Waals surface area contributed by atoms with Crippen LogP contribution in [0.5, 0.6) is 0 Å². The third kappa shape index (κ3) is 3.91. The highest BCUT2D eigenvalue weighted by Crippen LogP contribution is 2.21. The Morgan fingerprint density at radius 3 is 2.38 bits per heavy atom. The molecule has 0 spiro atoms. The van der Waals surface area contributed by atoms with Crippen LogP contribution in [0.4, 0.5) is 11.6 Å². The summed E-state index contributed by atoms with van der Waals surface area (Å²) in [7, 11) is 0. The predicted molar refractivity (Wildman–Crippen MR) is 80.1 cm³/mol. The first-order valence-corrected chi connectivity index (χ1v) is 7.80. The third-order valence-electron chi connectivity index (χ3n) is 4.22. The van der Waals surface area contributed by atoms with Gasteiger partial charge in [0.25, 0.3) is 0 Å². The molecule has 0 aromatic carbocycles. The zero-order valence-corrected chi connectivity index (χ0v) is 12.2. The van der Waals surface area contributed by atoms with Crippen molar-refractivity contribution >= 4 is 17.5 Å². The topological polar surface area (TPSA) is 76.1 Å². The molecule has 0 unspecified atom stereocenters. The molecule has 2 heterocycles. The van der Waals surface area contributed by atoms with Crippen molar-refractivity contribution in [2.75, 3.05) is 23.8 Å². The van der Waals surface area contributed by atoms with Crippen LogP contribution in [0.1, 0.15) is 38.5 Å². The van der Waals surface area contributed by atoms with E-state index in [0.717, 1.165) is 18.7 Å². The lowest BCUT2D eigenvalue weighted by atomic mass is 9.99. The monoisotopic (exact) mass is 290 g/mol. The molecule has 1 amide bonds. The average molecular weight is 290 g/mol. The fourth-order valence-electron chi connectivity index (χ4n) is 2.94. The van der Waals surface area contributed by atoms with Crippen LogP contribution in [0, 0.1) is 5.92 Å². The lowest BCUT2D eigenvalue weighted by molar-refractivity contribution is -0.122. The van der Waals surface area contributed by atoms with Crippen molar-refractivity contribution in [2.24, 2.45) is 5.92 Å². The molecule has 6 nitrogen and oxygen atoms in total. The Morgan fingerprint density at radius 2 is 1.71 bits per heavy atom. The van der Waals surface area contributed by atoms with E-state index in [1.807, 2.05) is 12.1 Å². The molecule has 1 aromatic heterocycles. The van der Waals surface area contributed by atoms with Gasteiger partial charge in [-0.1, -0.05) is 12.8 Å². The highest BCUT2D eigenvalue weighted by atomic mass is 16.5. The van der Waals surface area contributed by atoms with Crippen LogP contribution in [-0.4, -0.2) is 35.4 Å². The van der Waals surface area contributed by atoms with Crippen LogP contribution in [-0.2, 0) is 9.53 Å². The molecule has 2 fully saturated rings. The fraction of sp³-hybridized carbons (Fsp3) is 0.667. The molecule has 1 aliphatic carbocycles. The molecule has 2 aliphatic rings. The van der Waals surface area contributed by atoms with Gasteiger partial charge in [0.1, 0.15) is 5.82 Å². The van der Waals surface area contributed by atoms with E-state index in [1.54, 1.807) is 0 Å². The largest absolute Gasteiger partial charge is 0.381 e. The molecule has 1 aromatic rings. The Bertz CT molecular complexity index is 465. The second-order valence-corrected chi connectivity index (χ2v) is 5.81. The Balaban J connectivity index is 1.52. The van der Waals surface area contributed by atoms with E-state index in [-0.39, 0.29) is 11.8 Å². The van der Waals surface area contributed by atoms with Gasteiger partial charge < -0.3 is 15.4 Å². The van der Waals surface area contributed by atoms with E-state index in [1.165, 1.54) is 25.7 Å². The third-order valence-corrected chi connectivity index (χ3v) is 4.22. The summed E-state index contributed by atoms with van der Waals surface area (Å²) in [6.45, 7) is 1.32. The van der Waals surface area contributed by atoms with E-state index in [4.69, 9.17) is 4.74 Å². The summed E-state index contributed by atoms with van der Waals surface area (Å²) in [6.07, 6.45) is 6.52.